The van der Waals surface area contributed by atoms with Crippen LogP contribution in [0.3, 0.4) is 0 Å². The number of para-hydroxylation sites is 1. The Hall–Kier alpha value is -2.24. The fraction of sp³-hybridized carbons (Fsp3) is 0.600. The molecule has 0 N–H and O–H groups in total. The molecule has 1 unspecified atom stereocenters. The highest BCUT2D eigenvalue weighted by Crippen LogP contribution is 2.41. The van der Waals surface area contributed by atoms with E-state index in [0.717, 1.165) is 31.4 Å². The number of carbonyl (C=O) groups is 2. The summed E-state index contributed by atoms with van der Waals surface area (Å²) in [6.07, 6.45) is 3.09. The molecule has 2 heterocycles. The number of rotatable bonds is 5. The van der Waals surface area contributed by atoms with Crippen molar-refractivity contribution in [2.45, 2.75) is 39.2 Å². The molecule has 2 amide bonds. The van der Waals surface area contributed by atoms with Gasteiger partial charge >= 0.3 is 0 Å². The third-order valence-electron chi connectivity index (χ3n) is 5.68. The van der Waals surface area contributed by atoms with E-state index in [1.807, 2.05) is 34.9 Å². The normalized spacial score (nSPS) is 22.8. The smallest absolute Gasteiger partial charge is 0.230 e. The zero-order valence-corrected chi connectivity index (χ0v) is 15.9. The number of benzene rings is 1. The SMILES string of the molecule is CCC(=O)N1CCC2(CCCN(Cc3cccc(OC)c3OC)C2=O)C1. The molecule has 2 saturated heterocycles. The van der Waals surface area contributed by atoms with E-state index in [0.29, 0.717) is 37.6 Å². The summed E-state index contributed by atoms with van der Waals surface area (Å²) in [6.45, 7) is 4.36. The van der Waals surface area contributed by atoms with Crippen molar-refractivity contribution in [3.8, 4) is 11.5 Å². The number of amides is 2. The third kappa shape index (κ3) is 3.24. The monoisotopic (exact) mass is 360 g/mol. The van der Waals surface area contributed by atoms with Crippen LogP contribution in [-0.4, -0.2) is 55.5 Å². The number of methoxy groups -OCH3 is 2. The first-order valence-corrected chi connectivity index (χ1v) is 9.31. The molecule has 0 aromatic heterocycles. The van der Waals surface area contributed by atoms with Gasteiger partial charge in [-0.15, -0.1) is 0 Å². The van der Waals surface area contributed by atoms with Gasteiger partial charge in [-0.3, -0.25) is 9.59 Å². The molecule has 0 aliphatic carbocycles. The number of nitrogens with zero attached hydrogens (tertiary/aromatic N) is 2. The lowest BCUT2D eigenvalue weighted by Crippen LogP contribution is -2.50. The highest BCUT2D eigenvalue weighted by atomic mass is 16.5. The average Bonchev–Trinajstić information content (AvgIpc) is 3.09. The molecule has 2 aliphatic heterocycles. The van der Waals surface area contributed by atoms with E-state index in [1.165, 1.54) is 0 Å². The fourth-order valence-corrected chi connectivity index (χ4v) is 4.27. The van der Waals surface area contributed by atoms with Crippen molar-refractivity contribution in [3.63, 3.8) is 0 Å². The second-order valence-corrected chi connectivity index (χ2v) is 7.18. The summed E-state index contributed by atoms with van der Waals surface area (Å²) in [6, 6.07) is 5.74. The summed E-state index contributed by atoms with van der Waals surface area (Å²) in [4.78, 5) is 29.1. The number of ether oxygens (including phenoxy) is 2. The van der Waals surface area contributed by atoms with E-state index < -0.39 is 5.41 Å². The van der Waals surface area contributed by atoms with Crippen LogP contribution in [0, 0.1) is 5.41 Å². The molecule has 0 radical (unpaired) electrons. The Kier molecular flexibility index (Phi) is 5.39. The molecule has 0 bridgehead atoms. The average molecular weight is 360 g/mol. The molecule has 142 valence electrons. The second kappa shape index (κ2) is 7.56. The standard InChI is InChI=1S/C20H28N2O4/c1-4-17(23)22-12-10-20(14-22)9-6-11-21(19(20)24)13-15-7-5-8-16(25-2)18(15)26-3/h5,7-8H,4,6,9-14H2,1-3H3. The molecule has 2 aliphatic rings. The van der Waals surface area contributed by atoms with Gasteiger partial charge in [0.1, 0.15) is 0 Å². The molecule has 0 saturated carbocycles. The van der Waals surface area contributed by atoms with Gasteiger partial charge in [0.2, 0.25) is 11.8 Å². The Morgan fingerprint density at radius 1 is 1.19 bits per heavy atom. The van der Waals surface area contributed by atoms with Crippen LogP contribution in [0.25, 0.3) is 0 Å². The predicted octanol–water partition coefficient (Wildman–Crippen LogP) is 2.45. The van der Waals surface area contributed by atoms with E-state index >= 15 is 0 Å². The van der Waals surface area contributed by atoms with Crippen LogP contribution < -0.4 is 9.47 Å². The lowest BCUT2D eigenvalue weighted by molar-refractivity contribution is -0.146. The van der Waals surface area contributed by atoms with Crippen LogP contribution in [0.2, 0.25) is 0 Å². The molecule has 3 rings (SSSR count). The van der Waals surface area contributed by atoms with Gasteiger partial charge in [0.25, 0.3) is 0 Å². The van der Waals surface area contributed by atoms with Crippen molar-refractivity contribution in [2.75, 3.05) is 33.9 Å². The minimum Gasteiger partial charge on any atom is -0.493 e. The second-order valence-electron chi connectivity index (χ2n) is 7.18. The van der Waals surface area contributed by atoms with Gasteiger partial charge in [0, 0.05) is 38.2 Å². The number of likely N-dealkylation sites (tertiary alicyclic amines) is 2. The number of carbonyl (C=O) groups excluding carboxylic acids is 2. The minimum atomic E-state index is -0.408. The molecule has 26 heavy (non-hydrogen) atoms. The predicted molar refractivity (Wildman–Crippen MR) is 98.1 cm³/mol. The van der Waals surface area contributed by atoms with E-state index in [1.54, 1.807) is 14.2 Å². The lowest BCUT2D eigenvalue weighted by Gasteiger charge is -2.39. The third-order valence-corrected chi connectivity index (χ3v) is 5.68. The molecule has 1 aromatic carbocycles. The first-order valence-electron chi connectivity index (χ1n) is 9.31. The minimum absolute atomic E-state index is 0.140. The molecular formula is C20H28N2O4. The summed E-state index contributed by atoms with van der Waals surface area (Å²) >= 11 is 0. The van der Waals surface area contributed by atoms with Crippen molar-refractivity contribution in [3.05, 3.63) is 23.8 Å². The Morgan fingerprint density at radius 3 is 2.69 bits per heavy atom. The molecular weight excluding hydrogens is 332 g/mol. The number of hydrogen-bond donors (Lipinski definition) is 0. The Labute approximate surface area is 155 Å². The molecule has 1 aromatic rings. The largest absolute Gasteiger partial charge is 0.493 e. The topological polar surface area (TPSA) is 59.1 Å². The van der Waals surface area contributed by atoms with E-state index in [4.69, 9.17) is 9.47 Å². The van der Waals surface area contributed by atoms with E-state index in [2.05, 4.69) is 0 Å². The van der Waals surface area contributed by atoms with Gasteiger partial charge in [0.15, 0.2) is 11.5 Å². The first-order chi connectivity index (χ1) is 12.5. The van der Waals surface area contributed by atoms with E-state index in [-0.39, 0.29) is 11.8 Å². The van der Waals surface area contributed by atoms with Crippen molar-refractivity contribution in [1.82, 2.24) is 9.80 Å². The summed E-state index contributed by atoms with van der Waals surface area (Å²) in [5.74, 6) is 1.66. The zero-order valence-electron chi connectivity index (χ0n) is 15.9. The van der Waals surface area contributed by atoms with Crippen LogP contribution >= 0.6 is 0 Å². The van der Waals surface area contributed by atoms with Crippen molar-refractivity contribution in [2.24, 2.45) is 5.41 Å². The summed E-state index contributed by atoms with van der Waals surface area (Å²) in [5, 5.41) is 0. The van der Waals surface area contributed by atoms with Crippen molar-refractivity contribution < 1.29 is 19.1 Å². The summed E-state index contributed by atoms with van der Waals surface area (Å²) < 4.78 is 10.9. The van der Waals surface area contributed by atoms with Gasteiger partial charge in [-0.25, -0.2) is 0 Å². The van der Waals surface area contributed by atoms with E-state index in [9.17, 15) is 9.59 Å². The maximum Gasteiger partial charge on any atom is 0.230 e. The molecule has 2 fully saturated rings. The lowest BCUT2D eigenvalue weighted by atomic mass is 9.78. The quantitative estimate of drug-likeness (QED) is 0.809. The van der Waals surface area contributed by atoms with Crippen LogP contribution in [0.5, 0.6) is 11.5 Å². The van der Waals surface area contributed by atoms with Gasteiger partial charge in [-0.2, -0.15) is 0 Å². The van der Waals surface area contributed by atoms with Crippen LogP contribution in [0.15, 0.2) is 18.2 Å². The van der Waals surface area contributed by atoms with Crippen molar-refractivity contribution in [1.29, 1.82) is 0 Å². The zero-order chi connectivity index (χ0) is 18.7. The van der Waals surface area contributed by atoms with Gasteiger partial charge in [-0.1, -0.05) is 19.1 Å². The van der Waals surface area contributed by atoms with Crippen LogP contribution in [0.4, 0.5) is 0 Å². The van der Waals surface area contributed by atoms with Crippen LogP contribution in [-0.2, 0) is 16.1 Å². The Morgan fingerprint density at radius 2 is 2.00 bits per heavy atom. The maximum absolute atomic E-state index is 13.3. The molecule has 6 nitrogen and oxygen atoms in total. The molecule has 6 heteroatoms. The highest BCUT2D eigenvalue weighted by molar-refractivity contribution is 5.86. The summed E-state index contributed by atoms with van der Waals surface area (Å²) in [7, 11) is 3.23. The van der Waals surface area contributed by atoms with Gasteiger partial charge < -0.3 is 19.3 Å². The fourth-order valence-electron chi connectivity index (χ4n) is 4.27. The Bertz CT molecular complexity index is 690. The molecule has 1 atom stereocenters. The highest BCUT2D eigenvalue weighted by Gasteiger charge is 2.49. The Balaban J connectivity index is 1.78. The maximum atomic E-state index is 13.3. The van der Waals surface area contributed by atoms with Gasteiger partial charge in [-0.05, 0) is 25.3 Å². The van der Waals surface area contributed by atoms with Crippen molar-refractivity contribution >= 4 is 11.8 Å². The van der Waals surface area contributed by atoms with Crippen LogP contribution in [0.1, 0.15) is 38.2 Å². The summed E-state index contributed by atoms with van der Waals surface area (Å²) in [5.41, 5.74) is 0.534. The molecule has 1 spiro atoms. The van der Waals surface area contributed by atoms with Gasteiger partial charge in [0.05, 0.1) is 19.6 Å². The number of piperidine rings is 1. The first kappa shape index (κ1) is 18.5. The number of hydrogen-bond acceptors (Lipinski definition) is 4.